The number of anilines is 1. The number of nitrogens with one attached hydrogen (secondary N) is 1. The number of hydrogen-bond acceptors (Lipinski definition) is 6. The third kappa shape index (κ3) is 3.49. The Labute approximate surface area is 135 Å². The van der Waals surface area contributed by atoms with E-state index in [4.69, 9.17) is 4.52 Å². The number of aromatic nitrogens is 3. The monoisotopic (exact) mass is 315 g/mol. The van der Waals surface area contributed by atoms with Gasteiger partial charge in [0.15, 0.2) is 5.82 Å². The Morgan fingerprint density at radius 3 is 2.78 bits per heavy atom. The van der Waals surface area contributed by atoms with Gasteiger partial charge in [-0.1, -0.05) is 5.16 Å². The minimum atomic E-state index is 0.133. The van der Waals surface area contributed by atoms with E-state index in [1.807, 2.05) is 12.1 Å². The van der Waals surface area contributed by atoms with Crippen molar-refractivity contribution in [3.8, 4) is 11.5 Å². The average Bonchev–Trinajstić information content (AvgIpc) is 3.13. The molecule has 23 heavy (non-hydrogen) atoms. The largest absolute Gasteiger partial charge is 0.352 e. The predicted octanol–water partition coefficient (Wildman–Crippen LogP) is 1.93. The average molecular weight is 315 g/mol. The summed E-state index contributed by atoms with van der Waals surface area (Å²) in [6, 6.07) is 4.35. The Kier molecular flexibility index (Phi) is 4.27. The fourth-order valence-electron chi connectivity index (χ4n) is 2.72. The molecule has 1 atom stereocenters. The molecule has 0 saturated carbocycles. The first-order chi connectivity index (χ1) is 11.0. The van der Waals surface area contributed by atoms with Crippen molar-refractivity contribution in [3.63, 3.8) is 0 Å². The minimum Gasteiger partial charge on any atom is -0.352 e. The van der Waals surface area contributed by atoms with Gasteiger partial charge < -0.3 is 14.7 Å². The Morgan fingerprint density at radius 1 is 1.43 bits per heavy atom. The number of nitrogens with zero attached hydrogens (tertiary/aromatic N) is 4. The van der Waals surface area contributed by atoms with Crippen LogP contribution in [0.2, 0.25) is 0 Å². The highest BCUT2D eigenvalue weighted by molar-refractivity contribution is 5.78. The molecule has 1 aliphatic heterocycles. The van der Waals surface area contributed by atoms with E-state index in [1.54, 1.807) is 13.1 Å². The van der Waals surface area contributed by atoms with E-state index < -0.39 is 0 Å². The molecule has 1 N–H and O–H groups in total. The molecule has 2 aromatic rings. The van der Waals surface area contributed by atoms with Crippen molar-refractivity contribution in [1.29, 1.82) is 0 Å². The van der Waals surface area contributed by atoms with E-state index in [2.05, 4.69) is 39.2 Å². The zero-order chi connectivity index (χ0) is 16.4. The number of pyridine rings is 1. The summed E-state index contributed by atoms with van der Waals surface area (Å²) >= 11 is 0. The number of rotatable bonds is 5. The van der Waals surface area contributed by atoms with Crippen LogP contribution in [0.5, 0.6) is 0 Å². The highest BCUT2D eigenvalue weighted by Crippen LogP contribution is 2.21. The fourth-order valence-corrected chi connectivity index (χ4v) is 2.72. The van der Waals surface area contributed by atoms with Crippen molar-refractivity contribution in [2.45, 2.75) is 45.7 Å². The molecule has 1 fully saturated rings. The molecule has 7 heteroatoms. The van der Waals surface area contributed by atoms with Gasteiger partial charge in [0, 0.05) is 31.2 Å². The van der Waals surface area contributed by atoms with Crippen LogP contribution in [0.1, 0.15) is 32.5 Å². The first kappa shape index (κ1) is 15.5. The fraction of sp³-hybridized carbons (Fsp3) is 0.500. The van der Waals surface area contributed by atoms with Gasteiger partial charge in [-0.25, -0.2) is 4.98 Å². The molecular weight excluding hydrogens is 294 g/mol. The first-order valence-corrected chi connectivity index (χ1v) is 7.85. The highest BCUT2D eigenvalue weighted by atomic mass is 16.5. The Morgan fingerprint density at radius 2 is 2.26 bits per heavy atom. The second-order valence-corrected chi connectivity index (χ2v) is 6.10. The van der Waals surface area contributed by atoms with Crippen LogP contribution in [0.25, 0.3) is 11.5 Å². The number of aryl methyl sites for hydroxylation is 1. The van der Waals surface area contributed by atoms with Gasteiger partial charge in [0.1, 0.15) is 5.82 Å². The second kappa shape index (κ2) is 6.36. The van der Waals surface area contributed by atoms with Crippen LogP contribution in [-0.2, 0) is 4.79 Å². The molecule has 1 saturated heterocycles. The first-order valence-electron chi connectivity index (χ1n) is 7.85. The lowest BCUT2D eigenvalue weighted by Crippen LogP contribution is -2.42. The maximum absolute atomic E-state index is 11.4. The zero-order valence-corrected chi connectivity index (χ0v) is 13.6. The Bertz CT molecular complexity index is 680. The molecule has 3 heterocycles. The van der Waals surface area contributed by atoms with Gasteiger partial charge in [-0.2, -0.15) is 4.98 Å². The molecule has 0 bridgehead atoms. The summed E-state index contributed by atoms with van der Waals surface area (Å²) in [5.41, 5.74) is 0.798. The highest BCUT2D eigenvalue weighted by Gasteiger charge is 2.25. The second-order valence-electron chi connectivity index (χ2n) is 6.10. The van der Waals surface area contributed by atoms with Crippen molar-refractivity contribution in [1.82, 2.24) is 20.4 Å². The summed E-state index contributed by atoms with van der Waals surface area (Å²) in [6.07, 6.45) is 3.23. The molecule has 1 aliphatic rings. The lowest BCUT2D eigenvalue weighted by molar-refractivity contribution is -0.119. The number of hydrogen-bond donors (Lipinski definition) is 1. The van der Waals surface area contributed by atoms with E-state index in [1.165, 1.54) is 0 Å². The van der Waals surface area contributed by atoms with Gasteiger partial charge in [-0.05, 0) is 39.3 Å². The number of carbonyl (C=O) groups is 1. The summed E-state index contributed by atoms with van der Waals surface area (Å²) in [5, 5.41) is 6.80. The molecule has 0 unspecified atom stereocenters. The van der Waals surface area contributed by atoms with Crippen LogP contribution in [0.15, 0.2) is 22.9 Å². The van der Waals surface area contributed by atoms with Crippen molar-refractivity contribution >= 4 is 11.7 Å². The topological polar surface area (TPSA) is 84.2 Å². The molecule has 122 valence electrons. The minimum absolute atomic E-state index is 0.133. The van der Waals surface area contributed by atoms with Gasteiger partial charge in [0.25, 0.3) is 5.89 Å². The van der Waals surface area contributed by atoms with Crippen LogP contribution < -0.4 is 10.2 Å². The summed E-state index contributed by atoms with van der Waals surface area (Å²) in [5.74, 6) is 2.08. The van der Waals surface area contributed by atoms with E-state index in [9.17, 15) is 4.79 Å². The van der Waals surface area contributed by atoms with Gasteiger partial charge >= 0.3 is 0 Å². The molecule has 2 aromatic heterocycles. The number of amides is 1. The smallest absolute Gasteiger partial charge is 0.259 e. The van der Waals surface area contributed by atoms with Crippen molar-refractivity contribution < 1.29 is 9.32 Å². The third-order valence-electron chi connectivity index (χ3n) is 3.94. The van der Waals surface area contributed by atoms with Gasteiger partial charge in [-0.15, -0.1) is 0 Å². The molecule has 1 amide bonds. The van der Waals surface area contributed by atoms with E-state index in [-0.39, 0.29) is 18.0 Å². The van der Waals surface area contributed by atoms with Crippen LogP contribution in [0.3, 0.4) is 0 Å². The van der Waals surface area contributed by atoms with Gasteiger partial charge in [0.05, 0.1) is 5.56 Å². The SMILES string of the molecule is Cc1noc(-c2ccc(N(C[C@@H]3CCC(=O)N3)C(C)C)nc2)n1. The van der Waals surface area contributed by atoms with Gasteiger partial charge in [-0.3, -0.25) is 4.79 Å². The molecule has 0 radical (unpaired) electrons. The summed E-state index contributed by atoms with van der Waals surface area (Å²) in [6.45, 7) is 6.78. The Balaban J connectivity index is 1.76. The summed E-state index contributed by atoms with van der Waals surface area (Å²) < 4.78 is 5.16. The lowest BCUT2D eigenvalue weighted by Gasteiger charge is -2.30. The lowest BCUT2D eigenvalue weighted by atomic mass is 10.2. The maximum atomic E-state index is 11.4. The zero-order valence-electron chi connectivity index (χ0n) is 13.6. The third-order valence-corrected chi connectivity index (χ3v) is 3.94. The van der Waals surface area contributed by atoms with Crippen molar-refractivity contribution in [3.05, 3.63) is 24.2 Å². The molecule has 7 nitrogen and oxygen atoms in total. The predicted molar refractivity (Wildman–Crippen MR) is 85.9 cm³/mol. The van der Waals surface area contributed by atoms with E-state index in [0.717, 1.165) is 24.3 Å². The summed E-state index contributed by atoms with van der Waals surface area (Å²) in [7, 11) is 0. The van der Waals surface area contributed by atoms with Crippen LogP contribution in [-0.4, -0.2) is 39.7 Å². The van der Waals surface area contributed by atoms with E-state index >= 15 is 0 Å². The summed E-state index contributed by atoms with van der Waals surface area (Å²) in [4.78, 5) is 22.3. The molecule has 0 spiro atoms. The molecular formula is C16H21N5O2. The molecule has 0 aromatic carbocycles. The van der Waals surface area contributed by atoms with Crippen LogP contribution in [0.4, 0.5) is 5.82 Å². The quantitative estimate of drug-likeness (QED) is 0.907. The van der Waals surface area contributed by atoms with Crippen LogP contribution in [0, 0.1) is 6.92 Å². The van der Waals surface area contributed by atoms with Crippen molar-refractivity contribution in [2.24, 2.45) is 0 Å². The molecule has 0 aliphatic carbocycles. The Hall–Kier alpha value is -2.44. The van der Waals surface area contributed by atoms with Crippen molar-refractivity contribution in [2.75, 3.05) is 11.4 Å². The maximum Gasteiger partial charge on any atom is 0.259 e. The van der Waals surface area contributed by atoms with E-state index in [0.29, 0.717) is 18.1 Å². The molecule has 3 rings (SSSR count). The van der Waals surface area contributed by atoms with Crippen LogP contribution >= 0.6 is 0 Å². The number of carbonyl (C=O) groups excluding carboxylic acids is 1. The van der Waals surface area contributed by atoms with Gasteiger partial charge in [0.2, 0.25) is 5.91 Å². The normalized spacial score (nSPS) is 17.6. The standard InChI is InChI=1S/C16H21N5O2/c1-10(2)21(9-13-5-7-15(22)19-13)14-6-4-12(8-17-14)16-18-11(3)20-23-16/h4,6,8,10,13H,5,7,9H2,1-3H3,(H,19,22)/t13-/m0/s1.